The van der Waals surface area contributed by atoms with E-state index in [1.165, 1.54) is 17.3 Å². The van der Waals surface area contributed by atoms with Gasteiger partial charge in [0, 0.05) is 49.1 Å². The normalized spacial score (nSPS) is 10.8. The van der Waals surface area contributed by atoms with Crippen LogP contribution >= 0.6 is 23.2 Å². The minimum atomic E-state index is -0.813. The first-order valence-corrected chi connectivity index (χ1v) is 9.26. The average molecular weight is 426 g/mol. The second-order valence-corrected chi connectivity index (χ2v) is 6.93. The lowest BCUT2D eigenvalue weighted by molar-refractivity contribution is -0.129. The van der Waals surface area contributed by atoms with Gasteiger partial charge in [-0.25, -0.2) is 4.98 Å². The Morgan fingerprint density at radius 3 is 2.48 bits per heavy atom. The van der Waals surface area contributed by atoms with Crippen molar-refractivity contribution in [3.05, 3.63) is 77.1 Å². The molecule has 0 saturated heterocycles. The zero-order chi connectivity index (χ0) is 20.4. The van der Waals surface area contributed by atoms with Gasteiger partial charge in [0.1, 0.15) is 5.65 Å². The van der Waals surface area contributed by atoms with E-state index in [9.17, 15) is 9.59 Å². The number of hydrogen-bond acceptors (Lipinski definition) is 5. The molecule has 0 aromatic carbocycles. The summed E-state index contributed by atoms with van der Waals surface area (Å²) in [6.45, 7) is 0.497. The molecule has 0 atom stereocenters. The third-order valence-electron chi connectivity index (χ3n) is 4.33. The predicted molar refractivity (Wildman–Crippen MR) is 111 cm³/mol. The van der Waals surface area contributed by atoms with Gasteiger partial charge < -0.3 is 4.57 Å². The van der Waals surface area contributed by atoms with E-state index in [0.29, 0.717) is 23.3 Å². The summed E-state index contributed by atoms with van der Waals surface area (Å²) < 4.78 is 1.88. The molecular weight excluding hydrogens is 413 g/mol. The van der Waals surface area contributed by atoms with Gasteiger partial charge in [0.15, 0.2) is 0 Å². The van der Waals surface area contributed by atoms with Gasteiger partial charge in [-0.3, -0.25) is 24.5 Å². The standard InChI is InChI=1S/C20H13Cl2N5O2/c21-15-8-24-9-16(22)19(15)27(18(29)12-28)17-11-26(10-13-3-6-23-7-4-13)20-14(17)2-1-5-25-20/h1-9,11-12H,10H2. The molecule has 4 aromatic heterocycles. The maximum absolute atomic E-state index is 12.6. The summed E-state index contributed by atoms with van der Waals surface area (Å²) in [4.78, 5) is 37.6. The van der Waals surface area contributed by atoms with Gasteiger partial charge in [-0.1, -0.05) is 23.2 Å². The summed E-state index contributed by atoms with van der Waals surface area (Å²) in [6, 6.07) is 7.34. The molecule has 144 valence electrons. The van der Waals surface area contributed by atoms with Gasteiger partial charge in [0.05, 0.1) is 21.4 Å². The fourth-order valence-corrected chi connectivity index (χ4v) is 3.64. The lowest BCUT2D eigenvalue weighted by Crippen LogP contribution is -2.27. The van der Waals surface area contributed by atoms with E-state index in [2.05, 4.69) is 15.0 Å². The van der Waals surface area contributed by atoms with Gasteiger partial charge in [-0.2, -0.15) is 0 Å². The average Bonchev–Trinajstić information content (AvgIpc) is 3.09. The maximum Gasteiger partial charge on any atom is 0.295 e. The van der Waals surface area contributed by atoms with Gasteiger partial charge in [-0.05, 0) is 29.8 Å². The van der Waals surface area contributed by atoms with Gasteiger partial charge in [-0.15, -0.1) is 0 Å². The number of anilines is 2. The first-order chi connectivity index (χ1) is 14.1. The van der Waals surface area contributed by atoms with E-state index < -0.39 is 5.91 Å². The van der Waals surface area contributed by atoms with Crippen molar-refractivity contribution in [3.8, 4) is 0 Å². The number of aromatic nitrogens is 4. The van der Waals surface area contributed by atoms with Crippen molar-refractivity contribution in [1.82, 2.24) is 19.5 Å². The Labute approximate surface area is 175 Å². The number of fused-ring (bicyclic) bond motifs is 1. The Morgan fingerprint density at radius 1 is 1.07 bits per heavy atom. The highest BCUT2D eigenvalue weighted by atomic mass is 35.5. The molecule has 0 aliphatic rings. The molecule has 0 saturated carbocycles. The molecular formula is C20H13Cl2N5O2. The predicted octanol–water partition coefficient (Wildman–Crippen LogP) is 4.05. The second-order valence-electron chi connectivity index (χ2n) is 6.12. The fourth-order valence-electron chi connectivity index (χ4n) is 3.11. The third-order valence-corrected chi connectivity index (χ3v) is 4.88. The highest BCUT2D eigenvalue weighted by Gasteiger charge is 2.26. The fraction of sp³-hybridized carbons (Fsp3) is 0.0500. The van der Waals surface area contributed by atoms with Crippen LogP contribution in [0.15, 0.2) is 61.4 Å². The number of nitrogens with zero attached hydrogens (tertiary/aromatic N) is 5. The van der Waals surface area contributed by atoms with Crippen molar-refractivity contribution in [3.63, 3.8) is 0 Å². The van der Waals surface area contributed by atoms with E-state index in [1.54, 1.807) is 30.9 Å². The SMILES string of the molecule is O=CC(=O)N(c1c(Cl)cncc1Cl)c1cn(Cc2ccncc2)c2ncccc12. The van der Waals surface area contributed by atoms with Crippen LogP contribution in [-0.4, -0.2) is 31.7 Å². The lowest BCUT2D eigenvalue weighted by Gasteiger charge is -2.21. The van der Waals surface area contributed by atoms with Gasteiger partial charge in [0.2, 0.25) is 6.29 Å². The monoisotopic (exact) mass is 425 g/mol. The van der Waals surface area contributed by atoms with Crippen LogP contribution in [0.25, 0.3) is 11.0 Å². The number of amides is 1. The molecule has 0 fully saturated rings. The van der Waals surface area contributed by atoms with Crippen LogP contribution in [0.2, 0.25) is 10.0 Å². The van der Waals surface area contributed by atoms with Crippen LogP contribution in [0.4, 0.5) is 11.4 Å². The summed E-state index contributed by atoms with van der Waals surface area (Å²) in [5.41, 5.74) is 2.27. The first kappa shape index (κ1) is 19.0. The Hall–Kier alpha value is -3.29. The summed E-state index contributed by atoms with van der Waals surface area (Å²) in [7, 11) is 0. The molecule has 0 bridgehead atoms. The van der Waals surface area contributed by atoms with Crippen LogP contribution in [0, 0.1) is 0 Å². The Morgan fingerprint density at radius 2 is 1.79 bits per heavy atom. The molecule has 0 aliphatic heterocycles. The van der Waals surface area contributed by atoms with E-state index >= 15 is 0 Å². The van der Waals surface area contributed by atoms with Crippen molar-refractivity contribution < 1.29 is 9.59 Å². The van der Waals surface area contributed by atoms with E-state index in [1.807, 2.05) is 22.8 Å². The molecule has 0 N–H and O–H groups in total. The quantitative estimate of drug-likeness (QED) is 0.355. The molecule has 29 heavy (non-hydrogen) atoms. The molecule has 4 heterocycles. The zero-order valence-corrected chi connectivity index (χ0v) is 16.4. The highest BCUT2D eigenvalue weighted by Crippen LogP contribution is 2.40. The number of pyridine rings is 3. The summed E-state index contributed by atoms with van der Waals surface area (Å²) in [6.07, 6.45) is 9.75. The topological polar surface area (TPSA) is 81.0 Å². The smallest absolute Gasteiger partial charge is 0.295 e. The van der Waals surface area contributed by atoms with Crippen molar-refractivity contribution in [2.45, 2.75) is 6.54 Å². The van der Waals surface area contributed by atoms with E-state index in [0.717, 1.165) is 5.56 Å². The Kier molecular flexibility index (Phi) is 5.24. The summed E-state index contributed by atoms with van der Waals surface area (Å²) in [5, 5.41) is 0.957. The van der Waals surface area contributed by atoms with Crippen LogP contribution in [0.5, 0.6) is 0 Å². The number of halogens is 2. The third kappa shape index (κ3) is 3.57. The molecule has 9 heteroatoms. The Bertz CT molecular complexity index is 1190. The minimum absolute atomic E-state index is 0.145. The number of aldehydes is 1. The number of hydrogen-bond donors (Lipinski definition) is 0. The lowest BCUT2D eigenvalue weighted by atomic mass is 10.2. The van der Waals surface area contributed by atoms with Crippen LogP contribution < -0.4 is 4.90 Å². The number of carbonyl (C=O) groups excluding carboxylic acids is 2. The van der Waals surface area contributed by atoms with Gasteiger partial charge in [0.25, 0.3) is 5.91 Å². The molecule has 0 radical (unpaired) electrons. The van der Waals surface area contributed by atoms with Crippen LogP contribution in [0.1, 0.15) is 5.56 Å². The van der Waals surface area contributed by atoms with Crippen LogP contribution in [0.3, 0.4) is 0 Å². The molecule has 0 unspecified atom stereocenters. The molecule has 4 rings (SSSR count). The largest absolute Gasteiger partial charge is 0.326 e. The highest BCUT2D eigenvalue weighted by molar-refractivity contribution is 6.43. The maximum atomic E-state index is 12.6. The second kappa shape index (κ2) is 7.98. The van der Waals surface area contributed by atoms with E-state index in [-0.39, 0.29) is 22.0 Å². The van der Waals surface area contributed by atoms with Crippen molar-refractivity contribution in [2.75, 3.05) is 4.90 Å². The van der Waals surface area contributed by atoms with Crippen molar-refractivity contribution in [1.29, 1.82) is 0 Å². The number of rotatable bonds is 5. The molecule has 4 aromatic rings. The molecule has 1 amide bonds. The van der Waals surface area contributed by atoms with Gasteiger partial charge >= 0.3 is 0 Å². The minimum Gasteiger partial charge on any atom is -0.326 e. The van der Waals surface area contributed by atoms with Crippen LogP contribution in [-0.2, 0) is 16.1 Å². The Balaban J connectivity index is 1.93. The zero-order valence-electron chi connectivity index (χ0n) is 14.9. The molecule has 0 aliphatic carbocycles. The van der Waals surface area contributed by atoms with E-state index in [4.69, 9.17) is 23.2 Å². The molecule has 0 spiro atoms. The number of carbonyl (C=O) groups is 2. The summed E-state index contributed by atoms with van der Waals surface area (Å²) in [5.74, 6) is -0.813. The molecule has 7 nitrogen and oxygen atoms in total. The van der Waals surface area contributed by atoms with Crippen molar-refractivity contribution in [2.24, 2.45) is 0 Å². The first-order valence-electron chi connectivity index (χ1n) is 8.51. The summed E-state index contributed by atoms with van der Waals surface area (Å²) >= 11 is 12.6. The van der Waals surface area contributed by atoms with Crippen molar-refractivity contribution >= 4 is 57.8 Å².